The first kappa shape index (κ1) is 19.2. The molecule has 25 heavy (non-hydrogen) atoms. The second kappa shape index (κ2) is 10.0. The summed E-state index contributed by atoms with van der Waals surface area (Å²) in [5.41, 5.74) is 0.582. The van der Waals surface area contributed by atoms with E-state index in [0.717, 1.165) is 44.5 Å². The highest BCUT2D eigenvalue weighted by Gasteiger charge is 2.24. The Hall–Kier alpha value is -2.08. The van der Waals surface area contributed by atoms with Crippen LogP contribution < -0.4 is 15.4 Å². The highest BCUT2D eigenvalue weighted by atomic mass is 16.5. The summed E-state index contributed by atoms with van der Waals surface area (Å²) in [7, 11) is 0. The quantitative estimate of drug-likeness (QED) is 0.560. The van der Waals surface area contributed by atoms with E-state index in [0.29, 0.717) is 24.9 Å². The summed E-state index contributed by atoms with van der Waals surface area (Å²) >= 11 is 0. The fourth-order valence-corrected chi connectivity index (χ4v) is 2.99. The van der Waals surface area contributed by atoms with E-state index in [4.69, 9.17) is 4.74 Å². The molecule has 0 aliphatic carbocycles. The number of likely N-dealkylation sites (tertiary alicyclic amines) is 1. The number of amides is 2. The van der Waals surface area contributed by atoms with Crippen molar-refractivity contribution in [3.05, 3.63) is 24.3 Å². The molecule has 2 amide bonds. The van der Waals surface area contributed by atoms with Crippen molar-refractivity contribution in [1.29, 1.82) is 0 Å². The number of likely N-dealkylation sites (N-methyl/N-ethyl adjacent to an activating group) is 1. The number of ether oxygens (including phenoxy) is 1. The van der Waals surface area contributed by atoms with E-state index in [2.05, 4.69) is 29.4 Å². The van der Waals surface area contributed by atoms with Gasteiger partial charge in [-0.15, -0.1) is 0 Å². The van der Waals surface area contributed by atoms with Crippen LogP contribution in [-0.4, -0.2) is 49.0 Å². The number of hydrogen-bond acceptors (Lipinski definition) is 4. The maximum absolute atomic E-state index is 12.0. The normalized spacial score (nSPS) is 17.3. The molecule has 2 N–H and O–H groups in total. The lowest BCUT2D eigenvalue weighted by molar-refractivity contribution is -0.136. The fraction of sp³-hybridized carbons (Fsp3) is 0.579. The lowest BCUT2D eigenvalue weighted by Gasteiger charge is -2.22. The molecule has 6 heteroatoms. The van der Waals surface area contributed by atoms with Gasteiger partial charge >= 0.3 is 11.8 Å². The molecule has 0 spiro atoms. The van der Waals surface area contributed by atoms with Gasteiger partial charge in [-0.2, -0.15) is 0 Å². The molecule has 0 bridgehead atoms. The van der Waals surface area contributed by atoms with Crippen molar-refractivity contribution in [3.63, 3.8) is 0 Å². The van der Waals surface area contributed by atoms with Crippen LogP contribution in [-0.2, 0) is 9.59 Å². The molecule has 6 nitrogen and oxygen atoms in total. The van der Waals surface area contributed by atoms with Gasteiger partial charge < -0.3 is 15.4 Å². The molecule has 0 radical (unpaired) electrons. The molecule has 0 unspecified atom stereocenters. The Bertz CT molecular complexity index is 560. The van der Waals surface area contributed by atoms with Gasteiger partial charge in [0.15, 0.2) is 0 Å². The second-order valence-corrected chi connectivity index (χ2v) is 6.32. The third-order valence-corrected chi connectivity index (χ3v) is 4.49. The van der Waals surface area contributed by atoms with Crippen LogP contribution >= 0.6 is 0 Å². The maximum atomic E-state index is 12.0. The minimum atomic E-state index is -0.638. The molecule has 138 valence electrons. The lowest BCUT2D eigenvalue weighted by atomic mass is 10.2. The van der Waals surface area contributed by atoms with Crippen LogP contribution in [0.3, 0.4) is 0 Å². The average Bonchev–Trinajstić information content (AvgIpc) is 3.09. The maximum Gasteiger partial charge on any atom is 0.313 e. The van der Waals surface area contributed by atoms with E-state index >= 15 is 0 Å². The monoisotopic (exact) mass is 347 g/mol. The largest absolute Gasteiger partial charge is 0.494 e. The van der Waals surface area contributed by atoms with Crippen LogP contribution in [0.15, 0.2) is 24.3 Å². The summed E-state index contributed by atoms with van der Waals surface area (Å²) < 4.78 is 5.57. The third kappa shape index (κ3) is 6.05. The molecule has 1 aliphatic rings. The number of hydrogen-bond donors (Lipinski definition) is 2. The van der Waals surface area contributed by atoms with Crippen molar-refractivity contribution in [2.75, 3.05) is 31.6 Å². The Morgan fingerprint density at radius 3 is 2.64 bits per heavy atom. The molecule has 1 fully saturated rings. The smallest absolute Gasteiger partial charge is 0.313 e. The lowest BCUT2D eigenvalue weighted by Crippen LogP contribution is -2.43. The standard InChI is InChI=1S/C19H29N3O3/c1-3-5-13-25-17-10-8-15(9-11-17)21-19(24)18(23)20-14-16-7-6-12-22(16)4-2/h8-11,16H,3-7,12-14H2,1-2H3,(H,20,23)(H,21,24)/t16-/m0/s1. The second-order valence-electron chi connectivity index (χ2n) is 6.32. The number of unbranched alkanes of at least 4 members (excludes halogenated alkanes) is 1. The van der Waals surface area contributed by atoms with Crippen molar-refractivity contribution in [2.45, 2.75) is 45.6 Å². The predicted molar refractivity (Wildman–Crippen MR) is 98.8 cm³/mol. The molecule has 2 rings (SSSR count). The van der Waals surface area contributed by atoms with Crippen LogP contribution in [0.5, 0.6) is 5.75 Å². The minimum Gasteiger partial charge on any atom is -0.494 e. The molecule has 1 aromatic rings. The molecular weight excluding hydrogens is 318 g/mol. The van der Waals surface area contributed by atoms with Crippen molar-refractivity contribution < 1.29 is 14.3 Å². The number of anilines is 1. The first-order valence-electron chi connectivity index (χ1n) is 9.20. The zero-order chi connectivity index (χ0) is 18.1. The number of nitrogens with zero attached hydrogens (tertiary/aromatic N) is 1. The van der Waals surface area contributed by atoms with E-state index in [1.54, 1.807) is 24.3 Å². The Morgan fingerprint density at radius 2 is 1.96 bits per heavy atom. The van der Waals surface area contributed by atoms with Gasteiger partial charge in [0.2, 0.25) is 0 Å². The van der Waals surface area contributed by atoms with Gasteiger partial charge in [0, 0.05) is 18.3 Å². The van der Waals surface area contributed by atoms with Crippen LogP contribution in [0, 0.1) is 0 Å². The van der Waals surface area contributed by atoms with Gasteiger partial charge in [-0.25, -0.2) is 0 Å². The number of carbonyl (C=O) groups excluding carboxylic acids is 2. The number of carbonyl (C=O) groups is 2. The summed E-state index contributed by atoms with van der Waals surface area (Å²) in [6.45, 7) is 7.46. The van der Waals surface area contributed by atoms with E-state index in [1.165, 1.54) is 0 Å². The Balaban J connectivity index is 1.75. The van der Waals surface area contributed by atoms with E-state index in [9.17, 15) is 9.59 Å². The first-order valence-corrected chi connectivity index (χ1v) is 9.20. The number of benzene rings is 1. The molecule has 1 aliphatic heterocycles. The number of nitrogens with one attached hydrogen (secondary N) is 2. The van der Waals surface area contributed by atoms with Crippen molar-refractivity contribution in [1.82, 2.24) is 10.2 Å². The first-order chi connectivity index (χ1) is 12.1. The molecule has 0 aromatic heterocycles. The SMILES string of the molecule is CCCCOc1ccc(NC(=O)C(=O)NC[C@@H]2CCCN2CC)cc1. The van der Waals surface area contributed by atoms with Gasteiger partial charge in [-0.05, 0) is 56.6 Å². The Morgan fingerprint density at radius 1 is 1.20 bits per heavy atom. The summed E-state index contributed by atoms with van der Waals surface area (Å²) in [6.07, 6.45) is 4.30. The van der Waals surface area contributed by atoms with Gasteiger partial charge in [0.25, 0.3) is 0 Å². The van der Waals surface area contributed by atoms with Crippen LogP contribution in [0.4, 0.5) is 5.69 Å². The minimum absolute atomic E-state index is 0.335. The van der Waals surface area contributed by atoms with Crippen molar-refractivity contribution in [3.8, 4) is 5.75 Å². The van der Waals surface area contributed by atoms with Gasteiger partial charge in [-0.3, -0.25) is 14.5 Å². The average molecular weight is 347 g/mol. The van der Waals surface area contributed by atoms with Crippen LogP contribution in [0.2, 0.25) is 0 Å². The Kier molecular flexibility index (Phi) is 7.73. The van der Waals surface area contributed by atoms with E-state index in [-0.39, 0.29) is 0 Å². The van der Waals surface area contributed by atoms with E-state index < -0.39 is 11.8 Å². The summed E-state index contributed by atoms with van der Waals surface area (Å²) in [5, 5.41) is 5.35. The van der Waals surface area contributed by atoms with E-state index in [1.807, 2.05) is 0 Å². The zero-order valence-electron chi connectivity index (χ0n) is 15.2. The highest BCUT2D eigenvalue weighted by Crippen LogP contribution is 2.17. The predicted octanol–water partition coefficient (Wildman–Crippen LogP) is 2.40. The zero-order valence-corrected chi connectivity index (χ0v) is 15.2. The topological polar surface area (TPSA) is 70.7 Å². The molecule has 1 atom stereocenters. The van der Waals surface area contributed by atoms with Crippen molar-refractivity contribution >= 4 is 17.5 Å². The van der Waals surface area contributed by atoms with Gasteiger partial charge in [0.1, 0.15) is 5.75 Å². The van der Waals surface area contributed by atoms with Crippen molar-refractivity contribution in [2.24, 2.45) is 0 Å². The highest BCUT2D eigenvalue weighted by molar-refractivity contribution is 6.39. The molecular formula is C19H29N3O3. The molecule has 0 saturated carbocycles. The van der Waals surface area contributed by atoms with Gasteiger partial charge in [0.05, 0.1) is 6.61 Å². The van der Waals surface area contributed by atoms with Crippen LogP contribution in [0.25, 0.3) is 0 Å². The third-order valence-electron chi connectivity index (χ3n) is 4.49. The Labute approximate surface area is 149 Å². The van der Waals surface area contributed by atoms with Gasteiger partial charge in [-0.1, -0.05) is 20.3 Å². The summed E-state index contributed by atoms with van der Waals surface area (Å²) in [5.74, 6) is -0.469. The molecule has 1 saturated heterocycles. The van der Waals surface area contributed by atoms with Crippen LogP contribution in [0.1, 0.15) is 39.5 Å². The fourth-order valence-electron chi connectivity index (χ4n) is 2.99. The number of rotatable bonds is 8. The molecule has 1 heterocycles. The summed E-state index contributed by atoms with van der Waals surface area (Å²) in [6, 6.07) is 7.40. The summed E-state index contributed by atoms with van der Waals surface area (Å²) in [4.78, 5) is 26.3. The molecule has 1 aromatic carbocycles.